The van der Waals surface area contributed by atoms with Gasteiger partial charge in [0.25, 0.3) is 10.0 Å². The lowest BCUT2D eigenvalue weighted by Gasteiger charge is -2.32. The number of halogens is 1. The maximum absolute atomic E-state index is 13.7. The Morgan fingerprint density at radius 1 is 1.08 bits per heavy atom. The van der Waals surface area contributed by atoms with Gasteiger partial charge in [-0.1, -0.05) is 42.8 Å². The zero-order valence-corrected chi connectivity index (χ0v) is 23.3. The minimum absolute atomic E-state index is 0.0311. The number of para-hydroxylation sites is 2. The highest BCUT2D eigenvalue weighted by Crippen LogP contribution is 2.32. The highest BCUT2D eigenvalue weighted by Gasteiger charge is 2.29. The molecule has 7 nitrogen and oxygen atoms in total. The van der Waals surface area contributed by atoms with Crippen LogP contribution in [0.2, 0.25) is 5.02 Å². The number of amides is 1. The Hall–Kier alpha value is -3.23. The Morgan fingerprint density at radius 3 is 2.47 bits per heavy atom. The monoisotopic (exact) mass is 555 g/mol. The molecule has 1 saturated heterocycles. The maximum atomic E-state index is 13.7. The van der Waals surface area contributed by atoms with E-state index in [1.807, 2.05) is 19.1 Å². The van der Waals surface area contributed by atoms with Gasteiger partial charge in [-0.2, -0.15) is 0 Å². The third-order valence-corrected chi connectivity index (χ3v) is 8.60. The molecule has 38 heavy (non-hydrogen) atoms. The number of piperidine rings is 1. The molecular formula is C29H34ClN3O4S. The highest BCUT2D eigenvalue weighted by atomic mass is 35.5. The fraction of sp³-hybridized carbons (Fsp3) is 0.345. The molecule has 0 aromatic heterocycles. The quantitative estimate of drug-likeness (QED) is 0.358. The molecule has 1 fully saturated rings. The van der Waals surface area contributed by atoms with Crippen LogP contribution >= 0.6 is 11.6 Å². The van der Waals surface area contributed by atoms with Gasteiger partial charge in [-0.05, 0) is 79.8 Å². The number of hydrogen-bond acceptors (Lipinski definition) is 5. The standard InChI is InChI=1S/C29H34ClN3O4S/c1-3-37-28-9-5-4-8-27(28)33(38(35,36)26-16-12-24(30)13-17-26)21-29(34)31-19-23-10-14-25(15-11-23)32-18-6-7-22(2)20-32/h4-5,8-17,22H,3,6-7,18-21H2,1-2H3,(H,31,34). The van der Waals surface area contributed by atoms with Crippen LogP contribution in [0.25, 0.3) is 0 Å². The largest absolute Gasteiger partial charge is 0.492 e. The van der Waals surface area contributed by atoms with Crippen LogP contribution in [-0.2, 0) is 21.4 Å². The van der Waals surface area contributed by atoms with Crippen LogP contribution in [0.1, 0.15) is 32.3 Å². The van der Waals surface area contributed by atoms with Gasteiger partial charge < -0.3 is 15.0 Å². The molecule has 1 amide bonds. The second kappa shape index (κ2) is 12.5. The van der Waals surface area contributed by atoms with Crippen molar-refractivity contribution in [3.63, 3.8) is 0 Å². The van der Waals surface area contributed by atoms with Crippen molar-refractivity contribution in [3.8, 4) is 5.75 Å². The van der Waals surface area contributed by atoms with Crippen molar-refractivity contribution in [2.24, 2.45) is 5.92 Å². The first-order valence-corrected chi connectivity index (χ1v) is 14.7. The Morgan fingerprint density at radius 2 is 1.79 bits per heavy atom. The number of sulfonamides is 1. The number of nitrogens with one attached hydrogen (secondary N) is 1. The van der Waals surface area contributed by atoms with Crippen LogP contribution < -0.4 is 19.3 Å². The van der Waals surface area contributed by atoms with Gasteiger partial charge in [0.2, 0.25) is 5.91 Å². The smallest absolute Gasteiger partial charge is 0.264 e. The van der Waals surface area contributed by atoms with Gasteiger partial charge in [0.1, 0.15) is 12.3 Å². The third kappa shape index (κ3) is 6.79. The Balaban J connectivity index is 1.50. The summed E-state index contributed by atoms with van der Waals surface area (Å²) in [5.74, 6) is 0.633. The lowest BCUT2D eigenvalue weighted by molar-refractivity contribution is -0.119. The normalized spacial score (nSPS) is 15.7. The SMILES string of the molecule is CCOc1ccccc1N(CC(=O)NCc1ccc(N2CCCC(C)C2)cc1)S(=O)(=O)c1ccc(Cl)cc1. The average Bonchev–Trinajstić information content (AvgIpc) is 2.92. The van der Waals surface area contributed by atoms with Crippen LogP contribution in [0, 0.1) is 5.92 Å². The second-order valence-electron chi connectivity index (χ2n) is 9.50. The second-order valence-corrected chi connectivity index (χ2v) is 11.8. The van der Waals surface area contributed by atoms with Crippen LogP contribution in [0.3, 0.4) is 0 Å². The fourth-order valence-electron chi connectivity index (χ4n) is 4.61. The molecule has 0 spiro atoms. The summed E-state index contributed by atoms with van der Waals surface area (Å²) in [5.41, 5.74) is 2.41. The van der Waals surface area contributed by atoms with Crippen molar-refractivity contribution in [3.05, 3.63) is 83.4 Å². The summed E-state index contributed by atoms with van der Waals surface area (Å²) < 4.78 is 34.1. The molecular weight excluding hydrogens is 522 g/mol. The topological polar surface area (TPSA) is 79.0 Å². The number of anilines is 2. The van der Waals surface area contributed by atoms with E-state index in [1.54, 1.807) is 24.3 Å². The van der Waals surface area contributed by atoms with Crippen molar-refractivity contribution >= 4 is 38.9 Å². The lowest BCUT2D eigenvalue weighted by atomic mass is 9.99. The molecule has 4 rings (SSSR count). The summed E-state index contributed by atoms with van der Waals surface area (Å²) in [6.45, 7) is 6.44. The third-order valence-electron chi connectivity index (χ3n) is 6.57. The molecule has 3 aromatic carbocycles. The van der Waals surface area contributed by atoms with Gasteiger partial charge in [-0.3, -0.25) is 9.10 Å². The van der Waals surface area contributed by atoms with Crippen molar-refractivity contribution in [1.29, 1.82) is 0 Å². The first-order valence-electron chi connectivity index (χ1n) is 12.9. The zero-order valence-electron chi connectivity index (χ0n) is 21.8. The summed E-state index contributed by atoms with van der Waals surface area (Å²) in [7, 11) is -4.08. The summed E-state index contributed by atoms with van der Waals surface area (Å²) >= 11 is 5.97. The number of hydrogen-bond donors (Lipinski definition) is 1. The Kier molecular flexibility index (Phi) is 9.17. The molecule has 1 N–H and O–H groups in total. The maximum Gasteiger partial charge on any atom is 0.264 e. The molecule has 0 bridgehead atoms. The van der Waals surface area contributed by atoms with E-state index < -0.39 is 22.5 Å². The molecule has 1 heterocycles. The average molecular weight is 556 g/mol. The van der Waals surface area contributed by atoms with Crippen molar-refractivity contribution < 1.29 is 17.9 Å². The van der Waals surface area contributed by atoms with E-state index in [1.165, 1.54) is 42.8 Å². The summed E-state index contributed by atoms with van der Waals surface area (Å²) in [5, 5.41) is 3.29. The van der Waals surface area contributed by atoms with Crippen LogP contribution in [0.4, 0.5) is 11.4 Å². The Bertz CT molecular complexity index is 1330. The van der Waals surface area contributed by atoms with E-state index in [9.17, 15) is 13.2 Å². The summed E-state index contributed by atoms with van der Waals surface area (Å²) in [4.78, 5) is 15.5. The van der Waals surface area contributed by atoms with Crippen LogP contribution in [0.15, 0.2) is 77.7 Å². The molecule has 0 saturated carbocycles. The molecule has 1 aliphatic heterocycles. The van der Waals surface area contributed by atoms with E-state index in [0.717, 1.165) is 23.0 Å². The fourth-order valence-corrected chi connectivity index (χ4v) is 6.17. The number of ether oxygens (including phenoxy) is 1. The van der Waals surface area contributed by atoms with Gasteiger partial charge in [-0.15, -0.1) is 0 Å². The molecule has 202 valence electrons. The van der Waals surface area contributed by atoms with E-state index in [2.05, 4.69) is 29.3 Å². The van der Waals surface area contributed by atoms with E-state index in [0.29, 0.717) is 29.0 Å². The summed E-state index contributed by atoms with van der Waals surface area (Å²) in [6.07, 6.45) is 2.46. The van der Waals surface area contributed by atoms with E-state index in [4.69, 9.17) is 16.3 Å². The highest BCUT2D eigenvalue weighted by molar-refractivity contribution is 7.92. The van der Waals surface area contributed by atoms with E-state index in [-0.39, 0.29) is 11.4 Å². The molecule has 0 radical (unpaired) electrons. The van der Waals surface area contributed by atoms with Gasteiger partial charge in [-0.25, -0.2) is 8.42 Å². The van der Waals surface area contributed by atoms with Crippen molar-refractivity contribution in [1.82, 2.24) is 5.32 Å². The van der Waals surface area contributed by atoms with E-state index >= 15 is 0 Å². The van der Waals surface area contributed by atoms with Gasteiger partial charge >= 0.3 is 0 Å². The number of carbonyl (C=O) groups excluding carboxylic acids is 1. The van der Waals surface area contributed by atoms with Crippen molar-refractivity contribution in [2.75, 3.05) is 35.4 Å². The lowest BCUT2D eigenvalue weighted by Crippen LogP contribution is -2.41. The Labute approximate surface area is 230 Å². The number of benzene rings is 3. The van der Waals surface area contributed by atoms with Crippen LogP contribution in [-0.4, -0.2) is 40.6 Å². The molecule has 0 aliphatic carbocycles. The number of nitrogens with zero attached hydrogens (tertiary/aromatic N) is 2. The molecule has 3 aromatic rings. The predicted molar refractivity (Wildman–Crippen MR) is 152 cm³/mol. The van der Waals surface area contributed by atoms with Crippen molar-refractivity contribution in [2.45, 2.75) is 38.1 Å². The predicted octanol–water partition coefficient (Wildman–Crippen LogP) is 5.49. The number of rotatable bonds is 10. The van der Waals surface area contributed by atoms with Crippen LogP contribution in [0.5, 0.6) is 5.75 Å². The molecule has 1 aliphatic rings. The van der Waals surface area contributed by atoms with Gasteiger partial charge in [0.05, 0.1) is 17.2 Å². The molecule has 1 unspecified atom stereocenters. The minimum Gasteiger partial charge on any atom is -0.492 e. The summed E-state index contributed by atoms with van der Waals surface area (Å²) in [6, 6.07) is 20.8. The van der Waals surface area contributed by atoms with Gasteiger partial charge in [0.15, 0.2) is 0 Å². The first kappa shape index (κ1) is 27.8. The molecule has 1 atom stereocenters. The first-order chi connectivity index (χ1) is 18.3. The van der Waals surface area contributed by atoms with Gasteiger partial charge in [0, 0.05) is 30.3 Å². The minimum atomic E-state index is -4.08. The zero-order chi connectivity index (χ0) is 27.1. The molecule has 9 heteroatoms. The number of carbonyl (C=O) groups is 1.